The number of nitrogens with zero attached hydrogens (tertiary/aromatic N) is 3. The average molecular weight is 425 g/mol. The summed E-state index contributed by atoms with van der Waals surface area (Å²) < 4.78 is 0. The number of likely N-dealkylation sites (tertiary alicyclic amines) is 2. The van der Waals surface area contributed by atoms with Crippen LogP contribution in [0.1, 0.15) is 38.5 Å². The van der Waals surface area contributed by atoms with Crippen molar-refractivity contribution in [3.63, 3.8) is 0 Å². The number of carbonyl (C=O) groups excluding carboxylic acids is 3. The number of amides is 3. The molecule has 2 aliphatic rings. The maximum atomic E-state index is 12.9. The van der Waals surface area contributed by atoms with Crippen LogP contribution in [0.4, 0.5) is 0 Å². The van der Waals surface area contributed by atoms with Crippen LogP contribution in [0.15, 0.2) is 4.99 Å². The molecule has 0 aromatic rings. The van der Waals surface area contributed by atoms with Crippen LogP contribution in [0, 0.1) is 0 Å². The first kappa shape index (κ1) is 23.4. The minimum absolute atomic E-state index is 0.0306. The topological polar surface area (TPSA) is 197 Å². The second kappa shape index (κ2) is 10.8. The van der Waals surface area contributed by atoms with Crippen molar-refractivity contribution < 1.29 is 24.3 Å². The lowest BCUT2D eigenvalue weighted by Gasteiger charge is -2.30. The summed E-state index contributed by atoms with van der Waals surface area (Å²) >= 11 is 0. The summed E-state index contributed by atoms with van der Waals surface area (Å²) in [4.78, 5) is 55.5. The van der Waals surface area contributed by atoms with Gasteiger partial charge in [-0.05, 0) is 38.5 Å². The van der Waals surface area contributed by atoms with Gasteiger partial charge in [-0.2, -0.15) is 0 Å². The van der Waals surface area contributed by atoms with E-state index in [0.29, 0.717) is 58.2 Å². The number of carboxylic acids is 1. The largest absolute Gasteiger partial charge is 0.480 e. The van der Waals surface area contributed by atoms with Gasteiger partial charge >= 0.3 is 5.97 Å². The molecular formula is C18H31N7O5. The lowest BCUT2D eigenvalue weighted by Crippen LogP contribution is -2.53. The van der Waals surface area contributed by atoms with E-state index in [-0.39, 0.29) is 18.4 Å². The van der Waals surface area contributed by atoms with Gasteiger partial charge in [0.05, 0.1) is 12.6 Å². The molecule has 0 radical (unpaired) electrons. The van der Waals surface area contributed by atoms with E-state index in [4.69, 9.17) is 17.2 Å². The Balaban J connectivity index is 1.84. The number of carbonyl (C=O) groups is 4. The van der Waals surface area contributed by atoms with Crippen LogP contribution in [0.25, 0.3) is 0 Å². The minimum atomic E-state index is -1.03. The van der Waals surface area contributed by atoms with Crippen molar-refractivity contribution in [3.05, 3.63) is 0 Å². The lowest BCUT2D eigenvalue weighted by molar-refractivity contribution is -0.151. The van der Waals surface area contributed by atoms with E-state index in [1.54, 1.807) is 0 Å². The van der Waals surface area contributed by atoms with Crippen LogP contribution < -0.4 is 22.5 Å². The van der Waals surface area contributed by atoms with Gasteiger partial charge in [0.1, 0.15) is 12.1 Å². The monoisotopic (exact) mass is 425 g/mol. The summed E-state index contributed by atoms with van der Waals surface area (Å²) in [6, 6.07) is -2.33. The second-order valence-corrected chi connectivity index (χ2v) is 7.55. The van der Waals surface area contributed by atoms with Gasteiger partial charge in [0.2, 0.25) is 17.7 Å². The van der Waals surface area contributed by atoms with Crippen LogP contribution in [-0.2, 0) is 19.2 Å². The zero-order chi connectivity index (χ0) is 22.3. The zero-order valence-electron chi connectivity index (χ0n) is 17.0. The molecule has 2 heterocycles. The third-order valence-electron chi connectivity index (χ3n) is 5.40. The van der Waals surface area contributed by atoms with E-state index in [2.05, 4.69) is 10.3 Å². The molecule has 2 rings (SSSR count). The van der Waals surface area contributed by atoms with E-state index < -0.39 is 35.9 Å². The van der Waals surface area contributed by atoms with Gasteiger partial charge in [0.15, 0.2) is 5.96 Å². The number of hydrogen-bond acceptors (Lipinski definition) is 6. The zero-order valence-corrected chi connectivity index (χ0v) is 17.0. The van der Waals surface area contributed by atoms with Crippen LogP contribution in [0.5, 0.6) is 0 Å². The Morgan fingerprint density at radius 2 is 1.70 bits per heavy atom. The molecule has 168 valence electrons. The highest BCUT2D eigenvalue weighted by atomic mass is 16.4. The molecule has 2 aliphatic heterocycles. The van der Waals surface area contributed by atoms with Crippen molar-refractivity contribution in [2.45, 2.75) is 56.7 Å². The Bertz CT molecular complexity index is 694. The predicted molar refractivity (Wildman–Crippen MR) is 108 cm³/mol. The standard InChI is InChI=1S/C18H31N7O5/c19-11(4-1-7-22-18(20)21)15(27)23-10-14(26)24-8-2-5-12(24)16(28)25-9-3-6-13(25)17(29)30/h11-13H,1-10,19H2,(H,23,27)(H,29,30)(H4,20,21,22). The fourth-order valence-corrected chi connectivity index (χ4v) is 3.85. The van der Waals surface area contributed by atoms with Gasteiger partial charge in [0, 0.05) is 19.6 Å². The van der Waals surface area contributed by atoms with Gasteiger partial charge in [-0.3, -0.25) is 19.4 Å². The van der Waals surface area contributed by atoms with Crippen molar-refractivity contribution in [1.29, 1.82) is 0 Å². The number of carboxylic acid groups (broad SMARTS) is 1. The van der Waals surface area contributed by atoms with E-state index in [1.807, 2.05) is 0 Å². The molecule has 0 spiro atoms. The normalized spacial score (nSPS) is 21.9. The van der Waals surface area contributed by atoms with Crippen molar-refractivity contribution in [2.24, 2.45) is 22.2 Å². The van der Waals surface area contributed by atoms with Crippen molar-refractivity contribution in [1.82, 2.24) is 15.1 Å². The van der Waals surface area contributed by atoms with Crippen molar-refractivity contribution in [2.75, 3.05) is 26.2 Å². The van der Waals surface area contributed by atoms with E-state index >= 15 is 0 Å². The predicted octanol–water partition coefficient (Wildman–Crippen LogP) is -2.45. The molecule has 0 bridgehead atoms. The Kier molecular flexibility index (Phi) is 8.39. The highest BCUT2D eigenvalue weighted by Gasteiger charge is 2.42. The number of nitrogens with one attached hydrogen (secondary N) is 1. The van der Waals surface area contributed by atoms with Crippen molar-refractivity contribution >= 4 is 29.7 Å². The SMILES string of the molecule is NC(N)=NCCCC(N)C(=O)NCC(=O)N1CCCC1C(=O)N1CCCC1C(=O)O. The smallest absolute Gasteiger partial charge is 0.326 e. The Hall–Kier alpha value is -2.89. The molecule has 8 N–H and O–H groups in total. The third-order valence-corrected chi connectivity index (χ3v) is 5.40. The lowest BCUT2D eigenvalue weighted by atomic mass is 10.1. The Morgan fingerprint density at radius 1 is 1.07 bits per heavy atom. The number of nitrogens with two attached hydrogens (primary N) is 3. The molecule has 0 aromatic heterocycles. The summed E-state index contributed by atoms with van der Waals surface area (Å²) in [6.07, 6.45) is 3.04. The summed E-state index contributed by atoms with van der Waals surface area (Å²) in [7, 11) is 0. The molecule has 0 aromatic carbocycles. The van der Waals surface area contributed by atoms with Gasteiger partial charge in [0.25, 0.3) is 0 Å². The summed E-state index contributed by atoms with van der Waals surface area (Å²) in [5, 5.41) is 11.8. The fraction of sp³-hybridized carbons (Fsp3) is 0.722. The molecule has 12 heteroatoms. The Morgan fingerprint density at radius 3 is 2.33 bits per heavy atom. The maximum absolute atomic E-state index is 12.9. The second-order valence-electron chi connectivity index (χ2n) is 7.55. The average Bonchev–Trinajstić information content (AvgIpc) is 3.37. The molecule has 0 saturated carbocycles. The number of rotatable bonds is 9. The van der Waals surface area contributed by atoms with Crippen LogP contribution >= 0.6 is 0 Å². The summed E-state index contributed by atoms with van der Waals surface area (Å²) in [5.41, 5.74) is 16.3. The molecule has 3 unspecified atom stereocenters. The molecule has 2 saturated heterocycles. The van der Waals surface area contributed by atoms with E-state index in [9.17, 15) is 24.3 Å². The van der Waals surface area contributed by atoms with E-state index in [0.717, 1.165) is 0 Å². The Labute approximate surface area is 174 Å². The first-order valence-electron chi connectivity index (χ1n) is 10.1. The van der Waals surface area contributed by atoms with E-state index in [1.165, 1.54) is 9.80 Å². The molecule has 12 nitrogen and oxygen atoms in total. The number of guanidine groups is 1. The third kappa shape index (κ3) is 6.05. The molecule has 0 aliphatic carbocycles. The number of aliphatic imine (C=N–C) groups is 1. The molecule has 2 fully saturated rings. The first-order chi connectivity index (χ1) is 14.2. The minimum Gasteiger partial charge on any atom is -0.480 e. The number of hydrogen-bond donors (Lipinski definition) is 5. The highest BCUT2D eigenvalue weighted by Crippen LogP contribution is 2.25. The van der Waals surface area contributed by atoms with Crippen LogP contribution in [-0.4, -0.2) is 88.9 Å². The van der Waals surface area contributed by atoms with Crippen LogP contribution in [0.2, 0.25) is 0 Å². The molecule has 3 atom stereocenters. The van der Waals surface area contributed by atoms with Gasteiger partial charge in [-0.15, -0.1) is 0 Å². The quantitative estimate of drug-likeness (QED) is 0.152. The number of aliphatic carboxylic acids is 1. The highest BCUT2D eigenvalue weighted by molar-refractivity contribution is 5.93. The van der Waals surface area contributed by atoms with Gasteiger partial charge in [-0.25, -0.2) is 4.79 Å². The van der Waals surface area contributed by atoms with Crippen molar-refractivity contribution in [3.8, 4) is 0 Å². The van der Waals surface area contributed by atoms with Crippen LogP contribution in [0.3, 0.4) is 0 Å². The fourth-order valence-electron chi connectivity index (χ4n) is 3.85. The van der Waals surface area contributed by atoms with Gasteiger partial charge < -0.3 is 37.4 Å². The first-order valence-corrected chi connectivity index (χ1v) is 10.1. The summed E-state index contributed by atoms with van der Waals surface area (Å²) in [6.45, 7) is 0.848. The maximum Gasteiger partial charge on any atom is 0.326 e. The van der Waals surface area contributed by atoms with Gasteiger partial charge in [-0.1, -0.05) is 0 Å². The molecule has 30 heavy (non-hydrogen) atoms. The molecule has 3 amide bonds. The summed E-state index contributed by atoms with van der Waals surface area (Å²) in [5.74, 6) is -2.26. The molecular weight excluding hydrogens is 394 g/mol.